The Bertz CT molecular complexity index is 762. The van der Waals surface area contributed by atoms with Gasteiger partial charge in [-0.05, 0) is 18.2 Å². The second-order valence-corrected chi connectivity index (χ2v) is 9.81. The Kier molecular flexibility index (Phi) is 5.70. The summed E-state index contributed by atoms with van der Waals surface area (Å²) in [5.41, 5.74) is 0. The standard InChI is InChI=1S/C12H14BrN3O3S3/c1-7(2)20-12-15-14-11(21-12)16-22(17,18)10-6-8(13)4-5-9(10)19-3/h4-7H,1-3H3,(H,14,16). The maximum atomic E-state index is 12.5. The van der Waals surface area contributed by atoms with Crippen molar-refractivity contribution in [2.75, 3.05) is 11.8 Å². The van der Waals surface area contributed by atoms with Crippen molar-refractivity contribution in [2.24, 2.45) is 0 Å². The zero-order valence-electron chi connectivity index (χ0n) is 12.0. The molecule has 0 spiro atoms. The number of anilines is 1. The lowest BCUT2D eigenvalue weighted by Gasteiger charge is -2.10. The topological polar surface area (TPSA) is 81.2 Å². The molecule has 0 saturated heterocycles. The number of halogens is 1. The Morgan fingerprint density at radius 2 is 2.09 bits per heavy atom. The van der Waals surface area contributed by atoms with Gasteiger partial charge in [0, 0.05) is 9.72 Å². The van der Waals surface area contributed by atoms with Gasteiger partial charge in [-0.3, -0.25) is 4.72 Å². The van der Waals surface area contributed by atoms with Gasteiger partial charge in [0.1, 0.15) is 10.6 Å². The first-order valence-electron chi connectivity index (χ1n) is 6.18. The molecule has 0 amide bonds. The Morgan fingerprint density at radius 1 is 1.36 bits per heavy atom. The number of nitrogens with zero attached hydrogens (tertiary/aromatic N) is 2. The predicted molar refractivity (Wildman–Crippen MR) is 92.4 cm³/mol. The van der Waals surface area contributed by atoms with Crippen LogP contribution in [0.4, 0.5) is 5.13 Å². The molecule has 0 atom stereocenters. The predicted octanol–water partition coefficient (Wildman–Crippen LogP) is 3.61. The summed E-state index contributed by atoms with van der Waals surface area (Å²) in [5.74, 6) is 0.261. The zero-order valence-corrected chi connectivity index (χ0v) is 16.1. The van der Waals surface area contributed by atoms with Crippen molar-refractivity contribution in [1.29, 1.82) is 0 Å². The number of thioether (sulfide) groups is 1. The van der Waals surface area contributed by atoms with E-state index in [-0.39, 0.29) is 15.8 Å². The third kappa shape index (κ3) is 4.34. The van der Waals surface area contributed by atoms with Crippen LogP contribution in [0.5, 0.6) is 5.75 Å². The lowest BCUT2D eigenvalue weighted by molar-refractivity contribution is 0.403. The van der Waals surface area contributed by atoms with Crippen LogP contribution in [-0.4, -0.2) is 31.0 Å². The molecule has 120 valence electrons. The maximum absolute atomic E-state index is 12.5. The Balaban J connectivity index is 2.28. The first-order valence-corrected chi connectivity index (χ1v) is 10.2. The van der Waals surface area contributed by atoms with Crippen LogP contribution in [0.15, 0.2) is 31.9 Å². The fraction of sp³-hybridized carbons (Fsp3) is 0.333. The number of hydrogen-bond donors (Lipinski definition) is 1. The fourth-order valence-corrected chi connectivity index (χ4v) is 5.44. The molecule has 2 rings (SSSR count). The number of benzene rings is 1. The number of sulfonamides is 1. The lowest BCUT2D eigenvalue weighted by Crippen LogP contribution is -2.14. The smallest absolute Gasteiger partial charge is 0.267 e. The van der Waals surface area contributed by atoms with Gasteiger partial charge >= 0.3 is 0 Å². The van der Waals surface area contributed by atoms with E-state index < -0.39 is 10.0 Å². The average molecular weight is 424 g/mol. The maximum Gasteiger partial charge on any atom is 0.267 e. The highest BCUT2D eigenvalue weighted by atomic mass is 79.9. The van der Waals surface area contributed by atoms with Gasteiger partial charge in [0.15, 0.2) is 4.34 Å². The molecule has 0 fully saturated rings. The number of nitrogens with one attached hydrogen (secondary N) is 1. The Hall–Kier alpha value is -0.840. The second kappa shape index (κ2) is 7.16. The van der Waals surface area contributed by atoms with Gasteiger partial charge in [-0.15, -0.1) is 10.2 Å². The Morgan fingerprint density at radius 3 is 2.73 bits per heavy atom. The summed E-state index contributed by atoms with van der Waals surface area (Å²) in [6.45, 7) is 4.06. The zero-order chi connectivity index (χ0) is 16.3. The molecule has 1 heterocycles. The fourth-order valence-electron chi connectivity index (χ4n) is 1.53. The molecule has 0 saturated carbocycles. The third-order valence-electron chi connectivity index (χ3n) is 2.38. The molecule has 22 heavy (non-hydrogen) atoms. The summed E-state index contributed by atoms with van der Waals surface area (Å²) in [6, 6.07) is 4.77. The van der Waals surface area contributed by atoms with Gasteiger partial charge in [-0.1, -0.05) is 52.9 Å². The van der Waals surface area contributed by atoms with E-state index in [4.69, 9.17) is 4.74 Å². The van der Waals surface area contributed by atoms with E-state index in [0.717, 1.165) is 0 Å². The number of ether oxygens (including phenoxy) is 1. The van der Waals surface area contributed by atoms with Gasteiger partial charge < -0.3 is 4.74 Å². The molecule has 0 bridgehead atoms. The van der Waals surface area contributed by atoms with Crippen LogP contribution in [0.2, 0.25) is 0 Å². The molecular formula is C12H14BrN3O3S3. The van der Waals surface area contributed by atoms with Crippen LogP contribution in [0.1, 0.15) is 13.8 Å². The minimum absolute atomic E-state index is 0.0395. The first-order chi connectivity index (χ1) is 10.3. The van der Waals surface area contributed by atoms with Gasteiger partial charge in [0.2, 0.25) is 5.13 Å². The molecule has 0 unspecified atom stereocenters. The van der Waals surface area contributed by atoms with Crippen molar-refractivity contribution >= 4 is 54.2 Å². The molecule has 0 aliphatic rings. The van der Waals surface area contributed by atoms with Crippen LogP contribution in [0.3, 0.4) is 0 Å². The van der Waals surface area contributed by atoms with Crippen molar-refractivity contribution in [1.82, 2.24) is 10.2 Å². The molecule has 2 aromatic rings. The Labute approximate surface area is 145 Å². The summed E-state index contributed by atoms with van der Waals surface area (Å²) in [5, 5.41) is 8.40. The van der Waals surface area contributed by atoms with Gasteiger partial charge in [-0.2, -0.15) is 0 Å². The van der Waals surface area contributed by atoms with Crippen LogP contribution < -0.4 is 9.46 Å². The first kappa shape index (κ1) is 17.5. The summed E-state index contributed by atoms with van der Waals surface area (Å²) >= 11 is 5.99. The molecule has 1 N–H and O–H groups in total. The molecule has 6 nitrogen and oxygen atoms in total. The minimum atomic E-state index is -3.80. The highest BCUT2D eigenvalue weighted by Crippen LogP contribution is 2.32. The van der Waals surface area contributed by atoms with E-state index >= 15 is 0 Å². The summed E-state index contributed by atoms with van der Waals surface area (Å²) in [4.78, 5) is 0.0395. The van der Waals surface area contributed by atoms with Crippen molar-refractivity contribution in [3.63, 3.8) is 0 Å². The van der Waals surface area contributed by atoms with Gasteiger partial charge in [0.05, 0.1) is 7.11 Å². The van der Waals surface area contributed by atoms with Crippen molar-refractivity contribution in [3.05, 3.63) is 22.7 Å². The summed E-state index contributed by atoms with van der Waals surface area (Å²) < 4.78 is 33.9. The van der Waals surface area contributed by atoms with Crippen LogP contribution in [0, 0.1) is 0 Å². The average Bonchev–Trinajstić information content (AvgIpc) is 2.84. The van der Waals surface area contributed by atoms with Gasteiger partial charge in [-0.25, -0.2) is 8.42 Å². The van der Waals surface area contributed by atoms with Crippen LogP contribution in [-0.2, 0) is 10.0 Å². The monoisotopic (exact) mass is 423 g/mol. The largest absolute Gasteiger partial charge is 0.495 e. The van der Waals surface area contributed by atoms with Crippen LogP contribution in [0.25, 0.3) is 0 Å². The third-order valence-corrected chi connectivity index (χ3v) is 6.29. The van der Waals surface area contributed by atoms with Gasteiger partial charge in [0.25, 0.3) is 10.0 Å². The highest BCUT2D eigenvalue weighted by molar-refractivity contribution is 9.10. The van der Waals surface area contributed by atoms with E-state index in [1.807, 2.05) is 13.8 Å². The molecule has 0 radical (unpaired) electrons. The SMILES string of the molecule is COc1ccc(Br)cc1S(=O)(=O)Nc1nnc(SC(C)C)s1. The number of rotatable bonds is 6. The van der Waals surface area contributed by atoms with Crippen molar-refractivity contribution in [3.8, 4) is 5.75 Å². The van der Waals surface area contributed by atoms with E-state index in [1.165, 1.54) is 36.3 Å². The van der Waals surface area contributed by atoms with Crippen LogP contribution >= 0.6 is 39.0 Å². The minimum Gasteiger partial charge on any atom is -0.495 e. The molecule has 0 aliphatic carbocycles. The molecule has 0 aliphatic heterocycles. The van der Waals surface area contributed by atoms with E-state index in [0.29, 0.717) is 14.1 Å². The number of methoxy groups -OCH3 is 1. The van der Waals surface area contributed by atoms with E-state index in [2.05, 4.69) is 30.8 Å². The normalized spacial score (nSPS) is 11.7. The number of aromatic nitrogens is 2. The number of hydrogen-bond acceptors (Lipinski definition) is 7. The lowest BCUT2D eigenvalue weighted by atomic mass is 10.3. The molecular weight excluding hydrogens is 410 g/mol. The summed E-state index contributed by atoms with van der Waals surface area (Å²) in [6.07, 6.45) is 0. The van der Waals surface area contributed by atoms with E-state index in [1.54, 1.807) is 12.1 Å². The van der Waals surface area contributed by atoms with E-state index in [9.17, 15) is 8.42 Å². The molecule has 1 aromatic carbocycles. The second-order valence-electron chi connectivity index (χ2n) is 4.44. The summed E-state index contributed by atoms with van der Waals surface area (Å²) in [7, 11) is -2.38. The quantitative estimate of drug-likeness (QED) is 0.714. The molecule has 1 aromatic heterocycles. The highest BCUT2D eigenvalue weighted by Gasteiger charge is 2.22. The molecule has 10 heteroatoms. The van der Waals surface area contributed by atoms with Crippen molar-refractivity contribution in [2.45, 2.75) is 28.3 Å². The van der Waals surface area contributed by atoms with Crippen molar-refractivity contribution < 1.29 is 13.2 Å².